The predicted octanol–water partition coefficient (Wildman–Crippen LogP) is 2.50. The number of imidazole rings is 1. The predicted molar refractivity (Wildman–Crippen MR) is 100 cm³/mol. The summed E-state index contributed by atoms with van der Waals surface area (Å²) >= 11 is 5.78. The third-order valence-corrected chi connectivity index (χ3v) is 3.89. The van der Waals surface area contributed by atoms with Crippen LogP contribution in [0.1, 0.15) is 26.3 Å². The lowest BCUT2D eigenvalue weighted by Gasteiger charge is -2.09. The van der Waals surface area contributed by atoms with Crippen molar-refractivity contribution < 1.29 is 4.84 Å². The summed E-state index contributed by atoms with van der Waals surface area (Å²) in [5.74, 6) is 0.836. The van der Waals surface area contributed by atoms with Crippen LogP contribution < -0.4 is 5.73 Å². The Hall–Kier alpha value is -2.94. The first kappa shape index (κ1) is 17.9. The first-order valence-electron chi connectivity index (χ1n) is 8.02. The molecule has 0 aliphatic rings. The molecule has 3 aromatic heterocycles. The lowest BCUT2D eigenvalue weighted by molar-refractivity contribution is 0.174. The van der Waals surface area contributed by atoms with Crippen molar-refractivity contribution in [3.05, 3.63) is 35.4 Å². The number of nitrogens with zero attached hydrogens (tertiary/aromatic N) is 7. The molecule has 0 aromatic carbocycles. The summed E-state index contributed by atoms with van der Waals surface area (Å²) in [6.45, 7) is 6.60. The van der Waals surface area contributed by atoms with Gasteiger partial charge in [-0.15, -0.1) is 0 Å². The number of oxime groups is 1. The number of aromatic nitrogens is 6. The largest absolute Gasteiger partial charge is 0.391 e. The molecule has 3 rings (SSSR count). The number of rotatable bonds is 6. The zero-order chi connectivity index (χ0) is 18.7. The second kappa shape index (κ2) is 7.52. The molecule has 0 unspecified atom stereocenters. The third-order valence-electron chi connectivity index (χ3n) is 3.74. The topological polar surface area (TPSA) is 109 Å². The van der Waals surface area contributed by atoms with E-state index in [1.165, 1.54) is 11.0 Å². The average molecular weight is 375 g/mol. The minimum absolute atomic E-state index is 0.265. The van der Waals surface area contributed by atoms with Crippen molar-refractivity contribution in [2.45, 2.75) is 27.3 Å². The van der Waals surface area contributed by atoms with E-state index in [1.807, 2.05) is 18.4 Å². The van der Waals surface area contributed by atoms with E-state index < -0.39 is 0 Å². The Kier molecular flexibility index (Phi) is 5.17. The highest BCUT2D eigenvalue weighted by atomic mass is 35.5. The number of halogens is 1. The van der Waals surface area contributed by atoms with Crippen molar-refractivity contribution in [2.75, 3.05) is 12.3 Å². The van der Waals surface area contributed by atoms with Crippen LogP contribution in [0.25, 0.3) is 17.0 Å². The lowest BCUT2D eigenvalue weighted by atomic mass is 10.1. The highest BCUT2D eigenvalue weighted by molar-refractivity contribution is 6.29. The summed E-state index contributed by atoms with van der Waals surface area (Å²) in [5, 5.41) is 8.95. The van der Waals surface area contributed by atoms with E-state index in [2.05, 4.69) is 25.2 Å². The lowest BCUT2D eigenvalue weighted by Crippen LogP contribution is -2.11. The van der Waals surface area contributed by atoms with Gasteiger partial charge in [-0.3, -0.25) is 4.98 Å². The average Bonchev–Trinajstić information content (AvgIpc) is 3.20. The highest BCUT2D eigenvalue weighted by Crippen LogP contribution is 2.23. The van der Waals surface area contributed by atoms with Crippen LogP contribution in [0.5, 0.6) is 0 Å². The molecule has 0 spiro atoms. The summed E-state index contributed by atoms with van der Waals surface area (Å²) in [4.78, 5) is 18.1. The third kappa shape index (κ3) is 3.38. The van der Waals surface area contributed by atoms with Crippen LogP contribution in [0.2, 0.25) is 0 Å². The van der Waals surface area contributed by atoms with E-state index in [0.29, 0.717) is 35.4 Å². The smallest absolute Gasteiger partial charge is 0.235 e. The Balaban J connectivity index is 2.07. The number of nitrogens with two attached hydrogens (primary N) is 1. The zero-order valence-electron chi connectivity index (χ0n) is 14.7. The molecule has 0 aliphatic carbocycles. The molecule has 0 atom stereocenters. The number of aryl methyl sites for hydroxylation is 1. The Morgan fingerprint density at radius 1 is 1.38 bits per heavy atom. The molecular weight excluding hydrogens is 356 g/mol. The van der Waals surface area contributed by atoms with Gasteiger partial charge in [-0.25, -0.2) is 4.98 Å². The number of allylic oxidation sites excluding steroid dienone is 1. The molecule has 0 saturated heterocycles. The Labute approximate surface area is 155 Å². The van der Waals surface area contributed by atoms with Gasteiger partial charge < -0.3 is 15.1 Å². The van der Waals surface area contributed by atoms with Crippen LogP contribution >= 0.6 is 11.6 Å². The summed E-state index contributed by atoms with van der Waals surface area (Å²) < 4.78 is 3.48. The van der Waals surface area contributed by atoms with Gasteiger partial charge in [-0.05, 0) is 26.8 Å². The van der Waals surface area contributed by atoms with Crippen molar-refractivity contribution in [1.82, 2.24) is 29.3 Å². The number of hydrogen-bond acceptors (Lipinski definition) is 7. The SMILES string of the molecule is CCn1c(-n2ncnc2N)nc2cncc(/C(C)=N/OC/C=C(\C)Cl)c21. The van der Waals surface area contributed by atoms with E-state index in [-0.39, 0.29) is 5.95 Å². The molecule has 0 aliphatic heterocycles. The fourth-order valence-electron chi connectivity index (χ4n) is 2.54. The monoisotopic (exact) mass is 374 g/mol. The van der Waals surface area contributed by atoms with Gasteiger partial charge in [0.1, 0.15) is 18.5 Å². The fraction of sp³-hybridized carbons (Fsp3) is 0.312. The maximum Gasteiger partial charge on any atom is 0.235 e. The normalized spacial score (nSPS) is 12.8. The molecule has 0 fully saturated rings. The van der Waals surface area contributed by atoms with Crippen LogP contribution in [-0.2, 0) is 11.4 Å². The van der Waals surface area contributed by atoms with Gasteiger partial charge in [-0.2, -0.15) is 14.8 Å². The van der Waals surface area contributed by atoms with E-state index in [0.717, 1.165) is 11.1 Å². The van der Waals surface area contributed by atoms with E-state index in [4.69, 9.17) is 22.2 Å². The van der Waals surface area contributed by atoms with Gasteiger partial charge >= 0.3 is 0 Å². The fourth-order valence-corrected chi connectivity index (χ4v) is 2.61. The summed E-state index contributed by atoms with van der Waals surface area (Å²) in [7, 11) is 0. The molecule has 0 radical (unpaired) electrons. The molecule has 9 nitrogen and oxygen atoms in total. The molecule has 2 N–H and O–H groups in total. The van der Waals surface area contributed by atoms with Gasteiger partial charge in [-0.1, -0.05) is 16.8 Å². The van der Waals surface area contributed by atoms with E-state index >= 15 is 0 Å². The van der Waals surface area contributed by atoms with Crippen molar-refractivity contribution in [1.29, 1.82) is 0 Å². The Bertz CT molecular complexity index is 983. The molecule has 0 amide bonds. The minimum atomic E-state index is 0.265. The van der Waals surface area contributed by atoms with Crippen LogP contribution in [0.3, 0.4) is 0 Å². The molecule has 0 bridgehead atoms. The van der Waals surface area contributed by atoms with Crippen molar-refractivity contribution >= 4 is 34.3 Å². The molecule has 0 saturated carbocycles. The molecule has 10 heteroatoms. The summed E-state index contributed by atoms with van der Waals surface area (Å²) in [6.07, 6.45) is 6.55. The quantitative estimate of drug-likeness (QED) is 0.403. The Morgan fingerprint density at radius 3 is 2.85 bits per heavy atom. The first-order chi connectivity index (χ1) is 12.5. The van der Waals surface area contributed by atoms with Crippen LogP contribution in [0.4, 0.5) is 5.95 Å². The Morgan fingerprint density at radius 2 is 2.19 bits per heavy atom. The van der Waals surface area contributed by atoms with Gasteiger partial charge in [0.15, 0.2) is 0 Å². The zero-order valence-corrected chi connectivity index (χ0v) is 15.5. The number of pyridine rings is 1. The number of hydrogen-bond donors (Lipinski definition) is 1. The maximum absolute atomic E-state index is 5.88. The molecule has 26 heavy (non-hydrogen) atoms. The summed E-state index contributed by atoms with van der Waals surface area (Å²) in [6, 6.07) is 0. The van der Waals surface area contributed by atoms with Crippen LogP contribution in [0.15, 0.2) is 35.0 Å². The second-order valence-electron chi connectivity index (χ2n) is 5.50. The molecule has 3 aromatic rings. The van der Waals surface area contributed by atoms with Crippen LogP contribution in [0, 0.1) is 0 Å². The minimum Gasteiger partial charge on any atom is -0.391 e. The first-order valence-corrected chi connectivity index (χ1v) is 8.40. The van der Waals surface area contributed by atoms with Crippen molar-refractivity contribution in [3.63, 3.8) is 0 Å². The maximum atomic E-state index is 5.88. The molecule has 136 valence electrons. The van der Waals surface area contributed by atoms with E-state index in [9.17, 15) is 0 Å². The molecule has 3 heterocycles. The summed E-state index contributed by atoms with van der Waals surface area (Å²) in [5.41, 5.74) is 8.96. The number of anilines is 1. The van der Waals surface area contributed by atoms with Gasteiger partial charge in [0.25, 0.3) is 0 Å². The highest BCUT2D eigenvalue weighted by Gasteiger charge is 2.18. The second-order valence-corrected chi connectivity index (χ2v) is 6.10. The van der Waals surface area contributed by atoms with Crippen molar-refractivity contribution in [2.24, 2.45) is 5.16 Å². The van der Waals surface area contributed by atoms with Gasteiger partial charge in [0.05, 0.1) is 17.4 Å². The van der Waals surface area contributed by atoms with E-state index in [1.54, 1.807) is 25.4 Å². The van der Waals surface area contributed by atoms with Gasteiger partial charge in [0, 0.05) is 23.3 Å². The number of fused-ring (bicyclic) bond motifs is 1. The van der Waals surface area contributed by atoms with Gasteiger partial charge in [0.2, 0.25) is 11.9 Å². The number of nitrogen functional groups attached to an aromatic ring is 1. The molecular formula is C16H19ClN8O. The van der Waals surface area contributed by atoms with Crippen LogP contribution in [-0.4, -0.2) is 41.6 Å². The standard InChI is InChI=1S/C16H19ClN8O/c1-4-24-14-12(11(3)23-26-6-5-10(2)17)7-19-8-13(14)22-16(24)25-15(18)20-9-21-25/h5,7-9H,4,6H2,1-3H3,(H2,18,20,21)/b10-5+,23-11+. The van der Waals surface area contributed by atoms with Crippen molar-refractivity contribution in [3.8, 4) is 5.95 Å².